The first-order chi connectivity index (χ1) is 20.0. The first-order valence-corrected chi connectivity index (χ1v) is 16.1. The summed E-state index contributed by atoms with van der Waals surface area (Å²) in [6.45, 7) is 3.84. The molecule has 3 aliphatic rings. The number of fused-ring (bicyclic) bond motifs is 3. The van der Waals surface area contributed by atoms with Gasteiger partial charge in [0, 0.05) is 18.0 Å². The van der Waals surface area contributed by atoms with E-state index in [1.165, 1.54) is 12.1 Å². The Morgan fingerprint density at radius 2 is 1.56 bits per heavy atom. The summed E-state index contributed by atoms with van der Waals surface area (Å²) in [6.07, 6.45) is -8.72. The minimum absolute atomic E-state index is 0.00463. The van der Waals surface area contributed by atoms with Gasteiger partial charge < -0.3 is 4.90 Å². The van der Waals surface area contributed by atoms with Crippen molar-refractivity contribution in [1.82, 2.24) is 4.90 Å². The summed E-state index contributed by atoms with van der Waals surface area (Å²) >= 11 is 0. The van der Waals surface area contributed by atoms with Crippen molar-refractivity contribution in [3.8, 4) is 0 Å². The minimum Gasteiger partial charge on any atom is -0.337 e. The molecule has 43 heavy (non-hydrogen) atoms. The van der Waals surface area contributed by atoms with Gasteiger partial charge in [0.15, 0.2) is 9.84 Å². The minimum atomic E-state index is -6.30. The molecule has 12 heteroatoms. The van der Waals surface area contributed by atoms with E-state index in [2.05, 4.69) is 0 Å². The van der Waals surface area contributed by atoms with Gasteiger partial charge in [-0.05, 0) is 66.8 Å². The first kappa shape index (κ1) is 31.8. The molecule has 2 unspecified atom stereocenters. The van der Waals surface area contributed by atoms with Crippen LogP contribution in [0.25, 0.3) is 0 Å². The van der Waals surface area contributed by atoms with Crippen LogP contribution in [0.3, 0.4) is 0 Å². The highest BCUT2D eigenvalue weighted by Gasteiger charge is 2.74. The third-order valence-corrected chi connectivity index (χ3v) is 12.1. The second-order valence-electron chi connectivity index (χ2n) is 12.3. The summed E-state index contributed by atoms with van der Waals surface area (Å²) in [4.78, 5) is 15.3. The number of likely N-dealkylation sites (tertiary alicyclic amines) is 1. The molecule has 4 nitrogen and oxygen atoms in total. The van der Waals surface area contributed by atoms with E-state index in [4.69, 9.17) is 0 Å². The van der Waals surface area contributed by atoms with Gasteiger partial charge in [-0.2, -0.15) is 26.3 Å². The predicted octanol–water partition coefficient (Wildman–Crippen LogP) is 7.90. The lowest BCUT2D eigenvalue weighted by Gasteiger charge is -2.43. The summed E-state index contributed by atoms with van der Waals surface area (Å²) in [5, 5.41) is 0. The normalized spacial score (nSPS) is 23.8. The molecule has 2 aromatic carbocycles. The number of benzene rings is 2. The summed E-state index contributed by atoms with van der Waals surface area (Å²) in [5.41, 5.74) is -6.63. The Bertz CT molecular complexity index is 1480. The van der Waals surface area contributed by atoms with Gasteiger partial charge in [-0.15, -0.1) is 0 Å². The first-order valence-electron chi connectivity index (χ1n) is 14.6. The average Bonchev–Trinajstić information content (AvgIpc) is 3.37. The monoisotopic (exact) mass is 633 g/mol. The lowest BCUT2D eigenvalue weighted by Crippen LogP contribution is -2.53. The third kappa shape index (κ3) is 4.86. The van der Waals surface area contributed by atoms with E-state index in [1.807, 2.05) is 13.8 Å². The molecular formula is C31H34F7NO3S. The smallest absolute Gasteiger partial charge is 0.337 e. The predicted molar refractivity (Wildman–Crippen MR) is 146 cm³/mol. The van der Waals surface area contributed by atoms with Crippen molar-refractivity contribution in [2.24, 2.45) is 5.92 Å². The Morgan fingerprint density at radius 3 is 2.16 bits per heavy atom. The summed E-state index contributed by atoms with van der Waals surface area (Å²) in [6, 6.07) is 7.24. The molecule has 0 bridgehead atoms. The Hall–Kier alpha value is -2.63. The fraction of sp³-hybridized carbons (Fsp3) is 0.581. The van der Waals surface area contributed by atoms with Crippen LogP contribution in [-0.2, 0) is 31.5 Å². The zero-order valence-corrected chi connectivity index (χ0v) is 24.7. The molecule has 0 aromatic heterocycles. The largest absolute Gasteiger partial charge is 0.435 e. The Morgan fingerprint density at radius 1 is 0.907 bits per heavy atom. The van der Waals surface area contributed by atoms with Gasteiger partial charge in [-0.1, -0.05) is 63.4 Å². The molecule has 2 aromatic rings. The van der Waals surface area contributed by atoms with Crippen molar-refractivity contribution in [2.75, 3.05) is 6.54 Å². The molecule has 1 amide bonds. The van der Waals surface area contributed by atoms with Crippen LogP contribution >= 0.6 is 0 Å². The molecule has 1 saturated carbocycles. The quantitative estimate of drug-likeness (QED) is 0.315. The maximum Gasteiger partial charge on any atom is 0.435 e. The molecule has 1 saturated heterocycles. The lowest BCUT2D eigenvalue weighted by atomic mass is 9.76. The van der Waals surface area contributed by atoms with Crippen LogP contribution < -0.4 is 0 Å². The standard InChI is InChI=1S/C31H34F7NO3S/c1-19(2)21-9-6-10-24(18-21)43(41,42)28-15-16-39(27(40)20-7-4-3-5-8-20)26(28)14-11-22-17-23(12-13-25(22)28)29(32,30(33,34)35)31(36,37)38/h6,9-10,12-13,17-20,26H,3-5,7-8,11,14-16H2,1-2H3. The van der Waals surface area contributed by atoms with Gasteiger partial charge in [-0.25, -0.2) is 12.8 Å². The molecule has 5 rings (SSSR count). The molecule has 0 radical (unpaired) electrons. The highest BCUT2D eigenvalue weighted by Crippen LogP contribution is 2.57. The molecule has 0 spiro atoms. The van der Waals surface area contributed by atoms with E-state index in [1.54, 1.807) is 17.0 Å². The summed E-state index contributed by atoms with van der Waals surface area (Å²) < 4.78 is 124. The maximum absolute atomic E-state index is 15.0. The van der Waals surface area contributed by atoms with Crippen LogP contribution in [0.4, 0.5) is 30.7 Å². The van der Waals surface area contributed by atoms with Crippen molar-refractivity contribution in [1.29, 1.82) is 0 Å². The second kappa shape index (κ2) is 10.8. The van der Waals surface area contributed by atoms with Gasteiger partial charge in [-0.3, -0.25) is 4.79 Å². The van der Waals surface area contributed by atoms with Gasteiger partial charge in [0.1, 0.15) is 4.75 Å². The maximum atomic E-state index is 15.0. The number of nitrogens with zero attached hydrogens (tertiary/aromatic N) is 1. The molecule has 1 heterocycles. The number of aryl methyl sites for hydroxylation is 1. The molecule has 2 fully saturated rings. The summed E-state index contributed by atoms with van der Waals surface area (Å²) in [7, 11) is -4.36. The fourth-order valence-electron chi connectivity index (χ4n) is 7.33. The van der Waals surface area contributed by atoms with E-state index >= 15 is 4.39 Å². The van der Waals surface area contributed by atoms with Crippen LogP contribution in [0.2, 0.25) is 0 Å². The average molecular weight is 634 g/mol. The fourth-order valence-corrected chi connectivity index (χ4v) is 9.75. The highest BCUT2D eigenvalue weighted by molar-refractivity contribution is 7.92. The lowest BCUT2D eigenvalue weighted by molar-refractivity contribution is -0.348. The van der Waals surface area contributed by atoms with Gasteiger partial charge in [0.2, 0.25) is 5.91 Å². The van der Waals surface area contributed by atoms with Gasteiger partial charge in [0.05, 0.1) is 10.9 Å². The molecule has 2 atom stereocenters. The van der Waals surface area contributed by atoms with Crippen molar-refractivity contribution in [3.63, 3.8) is 0 Å². The number of amides is 1. The topological polar surface area (TPSA) is 54.5 Å². The Labute approximate surface area is 246 Å². The summed E-state index contributed by atoms with van der Waals surface area (Å²) in [5.74, 6) is -0.472. The third-order valence-electron chi connectivity index (χ3n) is 9.62. The number of hydrogen-bond acceptors (Lipinski definition) is 3. The molecule has 0 N–H and O–H groups in total. The number of sulfone groups is 1. The second-order valence-corrected chi connectivity index (χ2v) is 14.5. The Kier molecular flexibility index (Phi) is 7.96. The van der Waals surface area contributed by atoms with Crippen molar-refractivity contribution >= 4 is 15.7 Å². The van der Waals surface area contributed by atoms with Crippen molar-refractivity contribution < 1.29 is 43.9 Å². The van der Waals surface area contributed by atoms with Crippen molar-refractivity contribution in [3.05, 3.63) is 64.7 Å². The molecular weight excluding hydrogens is 599 g/mol. The Balaban J connectivity index is 1.69. The van der Waals surface area contributed by atoms with Crippen LogP contribution in [0.5, 0.6) is 0 Å². The SMILES string of the molecule is CC(C)c1cccc(S(=O)(=O)C23CCN(C(=O)C4CCCCC4)C2CCc2cc(C(F)(C(F)(F)F)C(F)(F)F)ccc23)c1. The number of carbonyl (C=O) groups excluding carboxylic acids is 1. The highest BCUT2D eigenvalue weighted by atomic mass is 32.2. The molecule has 1 aliphatic heterocycles. The number of hydrogen-bond donors (Lipinski definition) is 0. The van der Waals surface area contributed by atoms with E-state index in [9.17, 15) is 39.6 Å². The van der Waals surface area contributed by atoms with E-state index in [0.717, 1.165) is 30.9 Å². The van der Waals surface area contributed by atoms with Crippen LogP contribution in [0.1, 0.15) is 87.0 Å². The van der Waals surface area contributed by atoms with Crippen LogP contribution in [0, 0.1) is 5.92 Å². The number of halogens is 7. The zero-order chi connectivity index (χ0) is 31.6. The number of carbonyl (C=O) groups is 1. The molecule has 236 valence electrons. The van der Waals surface area contributed by atoms with Gasteiger partial charge >= 0.3 is 18.0 Å². The van der Waals surface area contributed by atoms with E-state index in [0.29, 0.717) is 25.0 Å². The van der Waals surface area contributed by atoms with Crippen LogP contribution in [0.15, 0.2) is 47.4 Å². The van der Waals surface area contributed by atoms with Crippen molar-refractivity contribution in [2.45, 2.75) is 105 Å². The zero-order valence-electron chi connectivity index (χ0n) is 23.9. The number of rotatable bonds is 5. The van der Waals surface area contributed by atoms with Crippen LogP contribution in [-0.4, -0.2) is 44.2 Å². The van der Waals surface area contributed by atoms with E-state index < -0.39 is 44.2 Å². The van der Waals surface area contributed by atoms with E-state index in [-0.39, 0.29) is 59.6 Å². The molecule has 2 aliphatic carbocycles. The van der Waals surface area contributed by atoms with Gasteiger partial charge in [0.25, 0.3) is 0 Å². The number of alkyl halides is 7.